The van der Waals surface area contributed by atoms with Crippen LogP contribution in [0.1, 0.15) is 10.6 Å². The Morgan fingerprint density at radius 1 is 1.29 bits per heavy atom. The van der Waals surface area contributed by atoms with Gasteiger partial charge in [0.15, 0.2) is 5.76 Å². The van der Waals surface area contributed by atoms with Gasteiger partial charge in [0.1, 0.15) is 0 Å². The highest BCUT2D eigenvalue weighted by atomic mass is 32.2. The van der Waals surface area contributed by atoms with Crippen LogP contribution in [0.25, 0.3) is 11.5 Å². The number of aromatic nitrogens is 1. The Balaban J connectivity index is 1.78. The van der Waals surface area contributed by atoms with Gasteiger partial charge in [0.25, 0.3) is 10.0 Å². The Morgan fingerprint density at radius 3 is 2.81 bits per heavy atom. The van der Waals surface area contributed by atoms with Crippen molar-refractivity contribution in [1.82, 2.24) is 9.88 Å². The molecule has 3 heterocycles. The molecule has 0 aliphatic rings. The van der Waals surface area contributed by atoms with Crippen LogP contribution in [0, 0.1) is 6.92 Å². The van der Waals surface area contributed by atoms with Crippen molar-refractivity contribution in [1.29, 1.82) is 0 Å². The van der Waals surface area contributed by atoms with Crippen molar-refractivity contribution in [2.24, 2.45) is 0 Å². The monoisotopic (exact) mass is 324 g/mol. The van der Waals surface area contributed by atoms with Crippen LogP contribution >= 0.6 is 11.3 Å². The predicted octanol–water partition coefficient (Wildman–Crippen LogP) is 2.78. The zero-order chi connectivity index (χ0) is 14.9. The standard InChI is InChI=1S/C13H12N2O4S2/c1-9-7-12(19-15-9)11-4-5-13(18-11)21(16,17)14-8-10-3-2-6-20-10/h2-7,14H,8H2,1H3. The molecule has 3 aromatic rings. The second-order valence-electron chi connectivity index (χ2n) is 4.36. The average molecular weight is 324 g/mol. The Bertz CT molecular complexity index is 831. The molecule has 0 spiro atoms. The van der Waals surface area contributed by atoms with Crippen LogP contribution in [0.5, 0.6) is 0 Å². The van der Waals surface area contributed by atoms with Gasteiger partial charge in [-0.05, 0) is 30.5 Å². The molecule has 110 valence electrons. The van der Waals surface area contributed by atoms with Gasteiger partial charge in [-0.25, -0.2) is 13.1 Å². The first-order chi connectivity index (χ1) is 10.0. The Morgan fingerprint density at radius 2 is 2.14 bits per heavy atom. The molecule has 0 atom stereocenters. The summed E-state index contributed by atoms with van der Waals surface area (Å²) in [6.07, 6.45) is 0. The summed E-state index contributed by atoms with van der Waals surface area (Å²) < 4.78 is 37.1. The summed E-state index contributed by atoms with van der Waals surface area (Å²) in [6.45, 7) is 2.01. The zero-order valence-corrected chi connectivity index (χ0v) is 12.7. The largest absolute Gasteiger partial charge is 0.440 e. The average Bonchev–Trinajstić information content (AvgIpc) is 3.17. The van der Waals surface area contributed by atoms with E-state index in [-0.39, 0.29) is 11.6 Å². The third kappa shape index (κ3) is 3.07. The van der Waals surface area contributed by atoms with Crippen molar-refractivity contribution in [3.05, 3.63) is 46.3 Å². The highest BCUT2D eigenvalue weighted by Gasteiger charge is 2.20. The SMILES string of the molecule is Cc1cc(-c2ccc(S(=O)(=O)NCc3cccs3)o2)on1. The summed E-state index contributed by atoms with van der Waals surface area (Å²) in [7, 11) is -3.69. The summed E-state index contributed by atoms with van der Waals surface area (Å²) >= 11 is 1.48. The molecule has 3 rings (SSSR count). The quantitative estimate of drug-likeness (QED) is 0.780. The molecule has 0 saturated carbocycles. The number of aryl methyl sites for hydroxylation is 1. The molecule has 0 aromatic carbocycles. The lowest BCUT2D eigenvalue weighted by molar-refractivity contribution is 0.397. The molecule has 0 unspecified atom stereocenters. The summed E-state index contributed by atoms with van der Waals surface area (Å²) in [4.78, 5) is 0.927. The number of rotatable bonds is 5. The van der Waals surface area contributed by atoms with Crippen LogP contribution < -0.4 is 4.72 Å². The van der Waals surface area contributed by atoms with E-state index in [9.17, 15) is 8.42 Å². The van der Waals surface area contributed by atoms with E-state index in [2.05, 4.69) is 9.88 Å². The molecule has 0 bridgehead atoms. The zero-order valence-electron chi connectivity index (χ0n) is 11.1. The molecule has 0 aliphatic heterocycles. The molecule has 21 heavy (non-hydrogen) atoms. The fourth-order valence-electron chi connectivity index (χ4n) is 1.73. The first-order valence-corrected chi connectivity index (χ1v) is 8.46. The van der Waals surface area contributed by atoms with Gasteiger partial charge >= 0.3 is 0 Å². The van der Waals surface area contributed by atoms with Gasteiger partial charge in [0.05, 0.1) is 5.69 Å². The third-order valence-electron chi connectivity index (χ3n) is 2.73. The highest BCUT2D eigenvalue weighted by molar-refractivity contribution is 7.89. The minimum atomic E-state index is -3.69. The molecule has 1 N–H and O–H groups in total. The number of sulfonamides is 1. The molecule has 3 aromatic heterocycles. The van der Waals surface area contributed by atoms with Crippen LogP contribution in [0.3, 0.4) is 0 Å². The Hall–Kier alpha value is -1.90. The van der Waals surface area contributed by atoms with Crippen LogP contribution in [0.15, 0.2) is 49.7 Å². The van der Waals surface area contributed by atoms with Crippen LogP contribution in [0.4, 0.5) is 0 Å². The number of thiophene rings is 1. The van der Waals surface area contributed by atoms with Crippen LogP contribution in [0.2, 0.25) is 0 Å². The second-order valence-corrected chi connectivity index (χ2v) is 7.09. The maximum absolute atomic E-state index is 12.1. The lowest BCUT2D eigenvalue weighted by Crippen LogP contribution is -2.22. The number of hydrogen-bond acceptors (Lipinski definition) is 6. The Labute approximate surface area is 125 Å². The first-order valence-electron chi connectivity index (χ1n) is 6.10. The Kier molecular flexibility index (Phi) is 3.66. The van der Waals surface area contributed by atoms with Gasteiger partial charge < -0.3 is 8.94 Å². The van der Waals surface area contributed by atoms with Crippen molar-refractivity contribution >= 4 is 21.4 Å². The fourth-order valence-corrected chi connectivity index (χ4v) is 3.40. The van der Waals surface area contributed by atoms with Gasteiger partial charge in [-0.15, -0.1) is 11.3 Å². The topological polar surface area (TPSA) is 85.3 Å². The van der Waals surface area contributed by atoms with Crippen molar-refractivity contribution in [2.75, 3.05) is 0 Å². The van der Waals surface area contributed by atoms with E-state index in [1.807, 2.05) is 17.5 Å². The van der Waals surface area contributed by atoms with Crippen molar-refractivity contribution in [3.8, 4) is 11.5 Å². The molecule has 0 saturated heterocycles. The van der Waals surface area contributed by atoms with Crippen molar-refractivity contribution in [2.45, 2.75) is 18.6 Å². The lowest BCUT2D eigenvalue weighted by Gasteiger charge is -2.02. The van der Waals surface area contributed by atoms with Crippen molar-refractivity contribution < 1.29 is 17.4 Å². The minimum Gasteiger partial charge on any atom is -0.440 e. The predicted molar refractivity (Wildman–Crippen MR) is 77.3 cm³/mol. The number of nitrogens with zero attached hydrogens (tertiary/aromatic N) is 1. The van der Waals surface area contributed by atoms with E-state index in [1.54, 1.807) is 19.1 Å². The number of hydrogen-bond donors (Lipinski definition) is 1. The minimum absolute atomic E-state index is 0.150. The summed E-state index contributed by atoms with van der Waals surface area (Å²) in [5.74, 6) is 0.722. The number of nitrogens with one attached hydrogen (secondary N) is 1. The maximum Gasteiger partial charge on any atom is 0.274 e. The molecule has 0 radical (unpaired) electrons. The normalized spacial score (nSPS) is 11.9. The van der Waals surface area contributed by atoms with E-state index < -0.39 is 10.0 Å². The van der Waals surface area contributed by atoms with Gasteiger partial charge in [-0.1, -0.05) is 11.2 Å². The first kappa shape index (κ1) is 14.1. The smallest absolute Gasteiger partial charge is 0.274 e. The van der Waals surface area contributed by atoms with E-state index in [0.29, 0.717) is 17.2 Å². The maximum atomic E-state index is 12.1. The van der Waals surface area contributed by atoms with Crippen LogP contribution in [-0.4, -0.2) is 13.6 Å². The molecule has 0 amide bonds. The summed E-state index contributed by atoms with van der Waals surface area (Å²) in [5, 5.41) is 5.48. The fraction of sp³-hybridized carbons (Fsp3) is 0.154. The second kappa shape index (κ2) is 5.47. The lowest BCUT2D eigenvalue weighted by atomic mass is 10.3. The van der Waals surface area contributed by atoms with Gasteiger partial charge in [-0.2, -0.15) is 0 Å². The van der Waals surface area contributed by atoms with E-state index >= 15 is 0 Å². The molecular formula is C13H12N2O4S2. The summed E-state index contributed by atoms with van der Waals surface area (Å²) in [6, 6.07) is 8.33. The molecule has 0 aliphatic carbocycles. The molecule has 0 fully saturated rings. The van der Waals surface area contributed by atoms with E-state index in [0.717, 1.165) is 4.88 Å². The van der Waals surface area contributed by atoms with Gasteiger partial charge in [0, 0.05) is 17.5 Å². The molecule has 8 heteroatoms. The third-order valence-corrected chi connectivity index (χ3v) is 4.88. The van der Waals surface area contributed by atoms with E-state index in [1.165, 1.54) is 17.4 Å². The van der Waals surface area contributed by atoms with E-state index in [4.69, 9.17) is 8.94 Å². The van der Waals surface area contributed by atoms with Crippen LogP contribution in [-0.2, 0) is 16.6 Å². The highest BCUT2D eigenvalue weighted by Crippen LogP contribution is 2.25. The molecular weight excluding hydrogens is 312 g/mol. The summed E-state index contributed by atoms with van der Waals surface area (Å²) in [5.41, 5.74) is 0.696. The number of furan rings is 1. The van der Waals surface area contributed by atoms with Gasteiger partial charge in [-0.3, -0.25) is 0 Å². The van der Waals surface area contributed by atoms with Crippen molar-refractivity contribution in [3.63, 3.8) is 0 Å². The molecule has 6 nitrogen and oxygen atoms in total. The van der Waals surface area contributed by atoms with Gasteiger partial charge in [0.2, 0.25) is 10.9 Å².